The van der Waals surface area contributed by atoms with Gasteiger partial charge < -0.3 is 13.7 Å². The van der Waals surface area contributed by atoms with Gasteiger partial charge in [-0.3, -0.25) is 0 Å². The second-order valence-corrected chi connectivity index (χ2v) is 23.6. The highest BCUT2D eigenvalue weighted by Crippen LogP contribution is 2.46. The molecule has 14 aromatic carbocycles. The number of aromatic nitrogens is 3. The predicted octanol–water partition coefficient (Wildman–Crippen LogP) is 22.4. The highest BCUT2D eigenvalue weighted by atomic mass is 15.0. The Labute approximate surface area is 497 Å². The summed E-state index contributed by atoms with van der Waals surface area (Å²) in [6.45, 7) is 2.35. The number of nitrogens with zero attached hydrogens (tertiary/aromatic N) is 3. The van der Waals surface area contributed by atoms with Gasteiger partial charge in [-0.15, -0.1) is 0 Å². The van der Waals surface area contributed by atoms with Crippen molar-refractivity contribution < 1.29 is 0 Å². The summed E-state index contributed by atoms with van der Waals surface area (Å²) in [5, 5.41) is 17.4. The van der Waals surface area contributed by atoms with E-state index in [1.807, 2.05) is 0 Å². The molecule has 0 spiro atoms. The molecule has 0 fully saturated rings. The van der Waals surface area contributed by atoms with Crippen LogP contribution >= 0.6 is 0 Å². The Kier molecular flexibility index (Phi) is 10.7. The number of hydrogen-bond donors (Lipinski definition) is 0. The Balaban J connectivity index is 0.848. The molecule has 3 heteroatoms. The van der Waals surface area contributed by atoms with Crippen molar-refractivity contribution in [1.29, 1.82) is 0 Å². The van der Waals surface area contributed by atoms with Gasteiger partial charge in [0.1, 0.15) is 0 Å². The highest BCUT2D eigenvalue weighted by Gasteiger charge is 2.24. The van der Waals surface area contributed by atoms with Gasteiger partial charge in [0.05, 0.1) is 38.8 Å². The topological polar surface area (TPSA) is 14.8 Å². The van der Waals surface area contributed by atoms with Crippen molar-refractivity contribution in [2.45, 2.75) is 12.8 Å². The largest absolute Gasteiger partial charge is 0.310 e. The summed E-state index contributed by atoms with van der Waals surface area (Å²) in [5.74, 6) is 0.655. The maximum atomic E-state index is 2.53. The van der Waals surface area contributed by atoms with Crippen molar-refractivity contribution in [3.8, 4) is 44.8 Å². The molecule has 1 aliphatic rings. The van der Waals surface area contributed by atoms with Crippen molar-refractivity contribution in [2.24, 2.45) is 5.92 Å². The van der Waals surface area contributed by atoms with Gasteiger partial charge in [-0.2, -0.15) is 0 Å². The minimum Gasteiger partial charge on any atom is -0.310 e. The number of fused-ring (bicyclic) bond motifs is 15. The molecule has 0 bridgehead atoms. The number of allylic oxidation sites excluding steroid dienone is 4. The lowest BCUT2D eigenvalue weighted by atomic mass is 9.83. The predicted molar refractivity (Wildman–Crippen MR) is 366 cm³/mol. The molecular weight excluding hydrogens is 1040 g/mol. The van der Waals surface area contributed by atoms with E-state index in [9.17, 15) is 0 Å². The van der Waals surface area contributed by atoms with Crippen LogP contribution in [0.25, 0.3) is 159 Å². The van der Waals surface area contributed by atoms with Crippen LogP contribution in [0.2, 0.25) is 0 Å². The molecule has 0 radical (unpaired) electrons. The quantitative estimate of drug-likeness (QED) is 0.151. The third kappa shape index (κ3) is 7.41. The molecule has 3 heterocycles. The van der Waals surface area contributed by atoms with Crippen LogP contribution in [0.5, 0.6) is 0 Å². The molecule has 0 saturated carbocycles. The molecule has 402 valence electrons. The molecule has 2 unspecified atom stereocenters. The van der Waals surface area contributed by atoms with Crippen molar-refractivity contribution >= 4 is 114 Å². The van der Waals surface area contributed by atoms with Crippen LogP contribution < -0.4 is 0 Å². The average molecular weight is 1090 g/mol. The van der Waals surface area contributed by atoms with Crippen LogP contribution in [0.4, 0.5) is 0 Å². The van der Waals surface area contributed by atoms with E-state index in [1.165, 1.54) is 142 Å². The van der Waals surface area contributed by atoms with Gasteiger partial charge in [-0.25, -0.2) is 0 Å². The molecule has 3 nitrogen and oxygen atoms in total. The number of para-hydroxylation sites is 2. The molecule has 18 rings (SSSR count). The number of benzene rings is 14. The van der Waals surface area contributed by atoms with Gasteiger partial charge in [0.25, 0.3) is 0 Å². The first-order chi connectivity index (χ1) is 42.6. The monoisotopic (exact) mass is 1090 g/mol. The minimum atomic E-state index is 0.326. The molecule has 3 aromatic heterocycles. The summed E-state index contributed by atoms with van der Waals surface area (Å²) in [5.41, 5.74) is 19.1. The number of rotatable bonds is 7. The van der Waals surface area contributed by atoms with E-state index < -0.39 is 0 Å². The standard InChI is InChI=1S/C83H55N3/c1-52-45-63(37-38-65(52)54-18-3-2-4-19-54)84-75-29-15-13-27-71(75)73-50-58(35-40-78(73)84)61-47-62(49-64(48-61)85-80-42-33-55-20-7-9-23-67(55)82(80)83-68-24-10-8-21-56(68)34-43-81(83)85)59-36-41-79-74(51-59)72-28-14-16-30-76(72)86(79)77-44-39-66(69-25-11-12-26-70(69)77)60-32-31-53-17-5-6-22-57(53)46-60/h2-52,65H,1H3. The van der Waals surface area contributed by atoms with E-state index in [0.29, 0.717) is 11.8 Å². The molecule has 0 aliphatic heterocycles. The molecule has 0 saturated heterocycles. The fourth-order valence-corrected chi connectivity index (χ4v) is 14.9. The molecule has 1 aliphatic carbocycles. The third-order valence-electron chi connectivity index (χ3n) is 18.9. The molecule has 0 N–H and O–H groups in total. The van der Waals surface area contributed by atoms with Gasteiger partial charge in [-0.05, 0) is 168 Å². The first-order valence-corrected chi connectivity index (χ1v) is 30.1. The van der Waals surface area contributed by atoms with Gasteiger partial charge >= 0.3 is 0 Å². The third-order valence-corrected chi connectivity index (χ3v) is 18.9. The fourth-order valence-electron chi connectivity index (χ4n) is 14.9. The summed E-state index contributed by atoms with van der Waals surface area (Å²) in [7, 11) is 0. The lowest BCUT2D eigenvalue weighted by Crippen LogP contribution is -2.11. The second kappa shape index (κ2) is 19.0. The lowest BCUT2D eigenvalue weighted by molar-refractivity contribution is 0.635. The summed E-state index contributed by atoms with van der Waals surface area (Å²) in [4.78, 5) is 0. The average Bonchev–Trinajstić information content (AvgIpc) is 1.77. The smallest absolute Gasteiger partial charge is 0.0547 e. The van der Waals surface area contributed by atoms with Crippen LogP contribution in [0.15, 0.2) is 303 Å². The van der Waals surface area contributed by atoms with Crippen molar-refractivity contribution in [2.75, 3.05) is 0 Å². The van der Waals surface area contributed by atoms with Crippen LogP contribution in [0.3, 0.4) is 0 Å². The Hall–Kier alpha value is -11.0. The zero-order valence-corrected chi connectivity index (χ0v) is 47.4. The maximum Gasteiger partial charge on any atom is 0.0547 e. The van der Waals surface area contributed by atoms with E-state index >= 15 is 0 Å². The SMILES string of the molecule is CC1C=C(n2c3ccccc3c3cc(-c4cc(-c5ccc6c(c5)c5ccccc5n6-c5ccc(-c6ccc7ccccc7c6)c6ccccc56)cc(-n5c6ccc7ccccc7c6c6c7ccccc7ccc65)c4)ccc32)C=CC1c1ccccc1. The first-order valence-electron chi connectivity index (χ1n) is 30.1. The Morgan fingerprint density at radius 3 is 1.42 bits per heavy atom. The van der Waals surface area contributed by atoms with Crippen LogP contribution in [0, 0.1) is 5.92 Å². The molecule has 17 aromatic rings. The summed E-state index contributed by atoms with van der Waals surface area (Å²) < 4.78 is 7.50. The molecular formula is C83H55N3. The van der Waals surface area contributed by atoms with E-state index in [0.717, 1.165) is 22.4 Å². The van der Waals surface area contributed by atoms with E-state index in [4.69, 9.17) is 0 Å². The Bertz CT molecular complexity index is 5650. The maximum absolute atomic E-state index is 2.53. The van der Waals surface area contributed by atoms with Gasteiger partial charge in [0.2, 0.25) is 0 Å². The summed E-state index contributed by atoms with van der Waals surface area (Å²) in [6, 6.07) is 106. The summed E-state index contributed by atoms with van der Waals surface area (Å²) in [6.07, 6.45) is 7.20. The van der Waals surface area contributed by atoms with Crippen molar-refractivity contribution in [1.82, 2.24) is 13.7 Å². The second-order valence-electron chi connectivity index (χ2n) is 23.6. The van der Waals surface area contributed by atoms with Crippen LogP contribution in [0.1, 0.15) is 18.4 Å². The Morgan fingerprint density at radius 2 is 0.779 bits per heavy atom. The highest BCUT2D eigenvalue weighted by molar-refractivity contribution is 6.28. The van der Waals surface area contributed by atoms with Crippen LogP contribution in [-0.2, 0) is 0 Å². The molecule has 86 heavy (non-hydrogen) atoms. The van der Waals surface area contributed by atoms with Crippen LogP contribution in [-0.4, -0.2) is 13.7 Å². The summed E-state index contributed by atoms with van der Waals surface area (Å²) >= 11 is 0. The fraction of sp³-hybridized carbons (Fsp3) is 0.0361. The minimum absolute atomic E-state index is 0.326. The van der Waals surface area contributed by atoms with Crippen molar-refractivity contribution in [3.05, 3.63) is 309 Å². The first kappa shape index (κ1) is 48.5. The molecule has 0 amide bonds. The lowest BCUT2D eigenvalue weighted by Gasteiger charge is -2.24. The van der Waals surface area contributed by atoms with E-state index in [1.54, 1.807) is 0 Å². The Morgan fingerprint density at radius 1 is 0.291 bits per heavy atom. The van der Waals surface area contributed by atoms with Crippen molar-refractivity contribution in [3.63, 3.8) is 0 Å². The zero-order chi connectivity index (χ0) is 56.6. The van der Waals surface area contributed by atoms with Gasteiger partial charge in [0.15, 0.2) is 0 Å². The van der Waals surface area contributed by atoms with Gasteiger partial charge in [0, 0.05) is 55.0 Å². The number of hydrogen-bond acceptors (Lipinski definition) is 0. The normalized spacial score (nSPS) is 14.6. The van der Waals surface area contributed by atoms with E-state index in [-0.39, 0.29) is 0 Å². The molecule has 2 atom stereocenters. The van der Waals surface area contributed by atoms with Gasteiger partial charge in [-0.1, -0.05) is 225 Å². The van der Waals surface area contributed by atoms with E-state index in [2.05, 4.69) is 324 Å². The zero-order valence-electron chi connectivity index (χ0n) is 47.4.